The van der Waals surface area contributed by atoms with Crippen molar-refractivity contribution in [2.75, 3.05) is 6.61 Å². The van der Waals surface area contributed by atoms with E-state index in [1.54, 1.807) is 0 Å². The lowest BCUT2D eigenvalue weighted by molar-refractivity contribution is 0.192. The Morgan fingerprint density at radius 1 is 1.43 bits per heavy atom. The molecule has 0 radical (unpaired) electrons. The topological polar surface area (TPSA) is 35.2 Å². The highest BCUT2D eigenvalue weighted by molar-refractivity contribution is 5.48. The van der Waals surface area contributed by atoms with Gasteiger partial charge in [-0.1, -0.05) is 25.1 Å². The van der Waals surface area contributed by atoms with E-state index < -0.39 is 0 Å². The van der Waals surface area contributed by atoms with Crippen molar-refractivity contribution in [3.8, 4) is 5.75 Å². The normalized spacial score (nSPS) is 39.0. The van der Waals surface area contributed by atoms with Gasteiger partial charge in [-0.3, -0.25) is 0 Å². The quantitative estimate of drug-likeness (QED) is 0.674. The fourth-order valence-corrected chi connectivity index (χ4v) is 2.79. The van der Waals surface area contributed by atoms with Crippen LogP contribution in [0.2, 0.25) is 0 Å². The largest absolute Gasteiger partial charge is 0.493 e. The average molecular weight is 189 g/mol. The SMILES string of the molecule is CC1COc2ccccc2C12CC2N. The predicted octanol–water partition coefficient (Wildman–Crippen LogP) is 1.68. The van der Waals surface area contributed by atoms with Gasteiger partial charge in [0.15, 0.2) is 0 Å². The van der Waals surface area contributed by atoms with E-state index >= 15 is 0 Å². The molecule has 1 aliphatic carbocycles. The third-order valence-electron chi connectivity index (χ3n) is 3.82. The lowest BCUT2D eigenvalue weighted by atomic mass is 9.81. The second-order valence-corrected chi connectivity index (χ2v) is 4.56. The monoisotopic (exact) mass is 189 g/mol. The number of para-hydroxylation sites is 1. The van der Waals surface area contributed by atoms with E-state index in [1.165, 1.54) is 5.56 Å². The first-order valence-corrected chi connectivity index (χ1v) is 5.23. The van der Waals surface area contributed by atoms with E-state index in [2.05, 4.69) is 19.1 Å². The Morgan fingerprint density at radius 3 is 2.86 bits per heavy atom. The van der Waals surface area contributed by atoms with Crippen molar-refractivity contribution < 1.29 is 4.74 Å². The molecule has 0 saturated heterocycles. The molecule has 14 heavy (non-hydrogen) atoms. The van der Waals surface area contributed by atoms with Gasteiger partial charge in [-0.25, -0.2) is 0 Å². The lowest BCUT2D eigenvalue weighted by Gasteiger charge is -2.32. The Bertz CT molecular complexity index is 376. The third kappa shape index (κ3) is 0.845. The number of benzene rings is 1. The summed E-state index contributed by atoms with van der Waals surface area (Å²) in [4.78, 5) is 0. The van der Waals surface area contributed by atoms with Crippen LogP contribution >= 0.6 is 0 Å². The Kier molecular flexibility index (Phi) is 1.49. The van der Waals surface area contributed by atoms with Gasteiger partial charge in [-0.2, -0.15) is 0 Å². The zero-order valence-corrected chi connectivity index (χ0v) is 8.36. The molecule has 3 unspecified atom stereocenters. The Labute approximate surface area is 84.1 Å². The first-order chi connectivity index (χ1) is 6.75. The molecule has 1 fully saturated rings. The molecule has 0 amide bonds. The number of nitrogens with two attached hydrogens (primary N) is 1. The molecule has 1 spiro atoms. The van der Waals surface area contributed by atoms with Gasteiger partial charge in [0, 0.05) is 22.9 Å². The minimum absolute atomic E-state index is 0.231. The van der Waals surface area contributed by atoms with E-state index in [1.807, 2.05) is 12.1 Å². The van der Waals surface area contributed by atoms with Crippen LogP contribution in [-0.4, -0.2) is 12.6 Å². The highest BCUT2D eigenvalue weighted by Crippen LogP contribution is 2.57. The fraction of sp³-hybridized carbons (Fsp3) is 0.500. The summed E-state index contributed by atoms with van der Waals surface area (Å²) >= 11 is 0. The molecule has 3 rings (SSSR count). The molecule has 74 valence electrons. The van der Waals surface area contributed by atoms with E-state index in [0.29, 0.717) is 12.0 Å². The maximum atomic E-state index is 6.08. The van der Waals surface area contributed by atoms with Gasteiger partial charge < -0.3 is 10.5 Å². The van der Waals surface area contributed by atoms with Crippen LogP contribution in [0, 0.1) is 5.92 Å². The Balaban J connectivity index is 2.14. The number of fused-ring (bicyclic) bond motifs is 2. The van der Waals surface area contributed by atoms with Crippen LogP contribution in [0.4, 0.5) is 0 Å². The zero-order chi connectivity index (χ0) is 9.76. The summed E-state index contributed by atoms with van der Waals surface area (Å²) in [6, 6.07) is 8.65. The molecule has 0 bridgehead atoms. The van der Waals surface area contributed by atoms with E-state index in [0.717, 1.165) is 18.8 Å². The van der Waals surface area contributed by atoms with Crippen LogP contribution in [0.25, 0.3) is 0 Å². The summed E-state index contributed by atoms with van der Waals surface area (Å²) in [7, 11) is 0. The Hall–Kier alpha value is -1.02. The molecule has 3 atom stereocenters. The van der Waals surface area contributed by atoms with Crippen LogP contribution in [0.15, 0.2) is 24.3 Å². The minimum atomic E-state index is 0.231. The first-order valence-electron chi connectivity index (χ1n) is 5.23. The van der Waals surface area contributed by atoms with Crippen molar-refractivity contribution in [2.24, 2.45) is 11.7 Å². The summed E-state index contributed by atoms with van der Waals surface area (Å²) in [5.74, 6) is 1.59. The van der Waals surface area contributed by atoms with Crippen LogP contribution < -0.4 is 10.5 Å². The van der Waals surface area contributed by atoms with Gasteiger partial charge in [0.1, 0.15) is 5.75 Å². The van der Waals surface area contributed by atoms with E-state index in [-0.39, 0.29) is 5.41 Å². The van der Waals surface area contributed by atoms with Crippen molar-refractivity contribution in [3.63, 3.8) is 0 Å². The molecule has 1 aromatic carbocycles. The number of ether oxygens (including phenoxy) is 1. The van der Waals surface area contributed by atoms with E-state index in [9.17, 15) is 0 Å². The zero-order valence-electron chi connectivity index (χ0n) is 8.36. The van der Waals surface area contributed by atoms with Gasteiger partial charge >= 0.3 is 0 Å². The fourth-order valence-electron chi connectivity index (χ4n) is 2.79. The van der Waals surface area contributed by atoms with Crippen molar-refractivity contribution in [2.45, 2.75) is 24.8 Å². The van der Waals surface area contributed by atoms with Crippen molar-refractivity contribution in [1.82, 2.24) is 0 Å². The van der Waals surface area contributed by atoms with Gasteiger partial charge in [-0.15, -0.1) is 0 Å². The summed E-state index contributed by atoms with van der Waals surface area (Å²) in [5.41, 5.74) is 7.64. The summed E-state index contributed by atoms with van der Waals surface area (Å²) in [6.45, 7) is 3.05. The van der Waals surface area contributed by atoms with Gasteiger partial charge in [0.2, 0.25) is 0 Å². The predicted molar refractivity (Wildman–Crippen MR) is 55.4 cm³/mol. The average Bonchev–Trinajstić information content (AvgIpc) is 2.87. The molecular weight excluding hydrogens is 174 g/mol. The highest BCUT2D eigenvalue weighted by Gasteiger charge is 2.59. The van der Waals surface area contributed by atoms with Gasteiger partial charge in [-0.05, 0) is 12.5 Å². The molecule has 1 aromatic rings. The molecule has 2 heteroatoms. The third-order valence-corrected chi connectivity index (χ3v) is 3.82. The van der Waals surface area contributed by atoms with Gasteiger partial charge in [0.05, 0.1) is 6.61 Å². The molecule has 2 aliphatic rings. The number of rotatable bonds is 0. The van der Waals surface area contributed by atoms with Gasteiger partial charge in [0.25, 0.3) is 0 Å². The smallest absolute Gasteiger partial charge is 0.123 e. The number of hydrogen-bond acceptors (Lipinski definition) is 2. The molecule has 1 aliphatic heterocycles. The molecule has 1 heterocycles. The molecule has 2 N–H and O–H groups in total. The van der Waals surface area contributed by atoms with E-state index in [4.69, 9.17) is 10.5 Å². The maximum Gasteiger partial charge on any atom is 0.123 e. The van der Waals surface area contributed by atoms with Crippen molar-refractivity contribution >= 4 is 0 Å². The minimum Gasteiger partial charge on any atom is -0.493 e. The van der Waals surface area contributed by atoms with Crippen molar-refractivity contribution in [3.05, 3.63) is 29.8 Å². The number of hydrogen-bond donors (Lipinski definition) is 1. The lowest BCUT2D eigenvalue weighted by Crippen LogP contribution is -2.34. The van der Waals surface area contributed by atoms with Crippen LogP contribution in [-0.2, 0) is 5.41 Å². The molecule has 1 saturated carbocycles. The second kappa shape index (κ2) is 2.51. The summed E-state index contributed by atoms with van der Waals surface area (Å²) in [6.07, 6.45) is 1.12. The van der Waals surface area contributed by atoms with Crippen LogP contribution in [0.5, 0.6) is 5.75 Å². The molecule has 2 nitrogen and oxygen atoms in total. The molecular formula is C12H15NO. The highest BCUT2D eigenvalue weighted by atomic mass is 16.5. The molecule has 0 aromatic heterocycles. The standard InChI is InChI=1S/C12H15NO/c1-8-7-14-10-5-3-2-4-9(10)12(8)6-11(12)13/h2-5,8,11H,6-7,13H2,1H3. The van der Waals surface area contributed by atoms with Crippen LogP contribution in [0.1, 0.15) is 18.9 Å². The second-order valence-electron chi connectivity index (χ2n) is 4.56. The maximum absolute atomic E-state index is 6.08. The summed E-state index contributed by atoms with van der Waals surface area (Å²) < 4.78 is 5.70. The Morgan fingerprint density at radius 2 is 2.14 bits per heavy atom. The van der Waals surface area contributed by atoms with Crippen LogP contribution in [0.3, 0.4) is 0 Å². The summed E-state index contributed by atoms with van der Waals surface area (Å²) in [5, 5.41) is 0. The van der Waals surface area contributed by atoms with Crippen molar-refractivity contribution in [1.29, 1.82) is 0 Å². The first kappa shape index (κ1) is 8.30.